The SMILES string of the molecule is CC(N)CCS(=O)C(C)C(C)C. The lowest BCUT2D eigenvalue weighted by atomic mass is 10.2. The van der Waals surface area contributed by atoms with Gasteiger partial charge in [-0.05, 0) is 19.3 Å². The fourth-order valence-corrected chi connectivity index (χ4v) is 2.37. The molecular weight excluding hydrogens is 170 g/mol. The van der Waals surface area contributed by atoms with E-state index in [2.05, 4.69) is 13.8 Å². The largest absolute Gasteiger partial charge is 0.328 e. The van der Waals surface area contributed by atoms with E-state index in [-0.39, 0.29) is 6.04 Å². The van der Waals surface area contributed by atoms with Gasteiger partial charge in [0, 0.05) is 27.8 Å². The van der Waals surface area contributed by atoms with E-state index < -0.39 is 10.8 Å². The summed E-state index contributed by atoms with van der Waals surface area (Å²) in [7, 11) is -0.695. The Morgan fingerprint density at radius 2 is 1.75 bits per heavy atom. The molecule has 0 aliphatic heterocycles. The van der Waals surface area contributed by atoms with E-state index in [0.717, 1.165) is 12.2 Å². The molecule has 0 aliphatic carbocycles. The van der Waals surface area contributed by atoms with Crippen molar-refractivity contribution in [1.29, 1.82) is 0 Å². The summed E-state index contributed by atoms with van der Waals surface area (Å²) in [6, 6.07) is 0.174. The monoisotopic (exact) mass is 191 g/mol. The minimum absolute atomic E-state index is 0.174. The van der Waals surface area contributed by atoms with Gasteiger partial charge in [0.2, 0.25) is 0 Å². The number of hydrogen-bond donors (Lipinski definition) is 1. The van der Waals surface area contributed by atoms with Crippen LogP contribution in [0.5, 0.6) is 0 Å². The van der Waals surface area contributed by atoms with E-state index in [4.69, 9.17) is 5.73 Å². The summed E-state index contributed by atoms with van der Waals surface area (Å²) in [6.45, 7) is 8.21. The standard InChI is InChI=1S/C9H21NOS/c1-7(2)9(4)12(11)6-5-8(3)10/h7-9H,5-6,10H2,1-4H3. The molecule has 3 atom stereocenters. The van der Waals surface area contributed by atoms with E-state index in [1.807, 2.05) is 13.8 Å². The molecule has 0 aliphatic rings. The molecule has 2 nitrogen and oxygen atoms in total. The number of hydrogen-bond acceptors (Lipinski definition) is 2. The first-order valence-corrected chi connectivity index (χ1v) is 5.96. The molecule has 3 unspecified atom stereocenters. The normalized spacial score (nSPS) is 19.2. The summed E-state index contributed by atoms with van der Waals surface area (Å²) in [5.41, 5.74) is 5.58. The first kappa shape index (κ1) is 12.1. The van der Waals surface area contributed by atoms with Gasteiger partial charge in [-0.15, -0.1) is 0 Å². The van der Waals surface area contributed by atoms with Gasteiger partial charge < -0.3 is 5.73 Å². The average molecular weight is 191 g/mol. The third-order valence-electron chi connectivity index (χ3n) is 2.13. The molecule has 74 valence electrons. The van der Waals surface area contributed by atoms with Crippen molar-refractivity contribution in [2.75, 3.05) is 5.75 Å². The molecular formula is C9H21NOS. The zero-order valence-electron chi connectivity index (χ0n) is 8.54. The Hall–Kier alpha value is 0.110. The van der Waals surface area contributed by atoms with Crippen LogP contribution < -0.4 is 5.73 Å². The van der Waals surface area contributed by atoms with E-state index in [1.165, 1.54) is 0 Å². The third-order valence-corrected chi connectivity index (χ3v) is 4.14. The Morgan fingerprint density at radius 1 is 1.25 bits per heavy atom. The lowest BCUT2D eigenvalue weighted by molar-refractivity contribution is 0.600. The smallest absolute Gasteiger partial charge is 0.0342 e. The fraction of sp³-hybridized carbons (Fsp3) is 1.00. The van der Waals surface area contributed by atoms with Crippen LogP contribution in [0, 0.1) is 5.92 Å². The van der Waals surface area contributed by atoms with E-state index in [1.54, 1.807) is 0 Å². The van der Waals surface area contributed by atoms with Crippen LogP contribution in [0.4, 0.5) is 0 Å². The highest BCUT2D eigenvalue weighted by Gasteiger charge is 2.14. The first-order valence-electron chi connectivity index (χ1n) is 4.58. The van der Waals surface area contributed by atoms with E-state index in [9.17, 15) is 4.21 Å². The molecule has 0 spiro atoms. The minimum atomic E-state index is -0.695. The Morgan fingerprint density at radius 3 is 2.08 bits per heavy atom. The van der Waals surface area contributed by atoms with Gasteiger partial charge in [-0.3, -0.25) is 4.21 Å². The molecule has 0 aromatic carbocycles. The van der Waals surface area contributed by atoms with Gasteiger partial charge in [-0.2, -0.15) is 0 Å². The van der Waals surface area contributed by atoms with E-state index in [0.29, 0.717) is 11.2 Å². The van der Waals surface area contributed by atoms with Crippen LogP contribution in [-0.2, 0) is 10.8 Å². The van der Waals surface area contributed by atoms with Gasteiger partial charge in [0.05, 0.1) is 0 Å². The van der Waals surface area contributed by atoms with Crippen LogP contribution in [0.15, 0.2) is 0 Å². The number of rotatable bonds is 5. The Kier molecular flexibility index (Phi) is 5.76. The summed E-state index contributed by atoms with van der Waals surface area (Å²) in [6.07, 6.45) is 0.865. The van der Waals surface area contributed by atoms with Crippen molar-refractivity contribution in [3.8, 4) is 0 Å². The summed E-state index contributed by atoms with van der Waals surface area (Å²) in [5.74, 6) is 1.25. The Labute approximate surface area is 78.4 Å². The summed E-state index contributed by atoms with van der Waals surface area (Å²) >= 11 is 0. The Bertz CT molecular complexity index is 145. The molecule has 0 rings (SSSR count). The van der Waals surface area contributed by atoms with Crippen molar-refractivity contribution >= 4 is 10.8 Å². The van der Waals surface area contributed by atoms with Crippen molar-refractivity contribution in [3.63, 3.8) is 0 Å². The quantitative estimate of drug-likeness (QED) is 0.716. The summed E-state index contributed by atoms with van der Waals surface area (Å²) in [5, 5.41) is 0.295. The minimum Gasteiger partial charge on any atom is -0.328 e. The van der Waals surface area contributed by atoms with Crippen LogP contribution in [0.25, 0.3) is 0 Å². The zero-order chi connectivity index (χ0) is 9.72. The van der Waals surface area contributed by atoms with Gasteiger partial charge in [-0.25, -0.2) is 0 Å². The fourth-order valence-electron chi connectivity index (χ4n) is 0.792. The highest BCUT2D eigenvalue weighted by atomic mass is 32.2. The zero-order valence-corrected chi connectivity index (χ0v) is 9.36. The van der Waals surface area contributed by atoms with Crippen molar-refractivity contribution in [2.24, 2.45) is 11.7 Å². The second-order valence-electron chi connectivity index (χ2n) is 3.80. The van der Waals surface area contributed by atoms with Crippen LogP contribution >= 0.6 is 0 Å². The molecule has 0 fully saturated rings. The highest BCUT2D eigenvalue weighted by Crippen LogP contribution is 2.09. The average Bonchev–Trinajstić information content (AvgIpc) is 1.98. The summed E-state index contributed by atoms with van der Waals surface area (Å²) in [4.78, 5) is 0. The van der Waals surface area contributed by atoms with Crippen molar-refractivity contribution in [2.45, 2.75) is 45.4 Å². The second-order valence-corrected chi connectivity index (χ2v) is 5.71. The lowest BCUT2D eigenvalue weighted by Crippen LogP contribution is -2.24. The first-order chi connectivity index (χ1) is 5.45. The topological polar surface area (TPSA) is 43.1 Å². The molecule has 12 heavy (non-hydrogen) atoms. The van der Waals surface area contributed by atoms with Gasteiger partial charge in [0.15, 0.2) is 0 Å². The van der Waals surface area contributed by atoms with Crippen molar-refractivity contribution < 1.29 is 4.21 Å². The molecule has 2 N–H and O–H groups in total. The van der Waals surface area contributed by atoms with Crippen LogP contribution in [0.1, 0.15) is 34.1 Å². The van der Waals surface area contributed by atoms with Crippen LogP contribution in [-0.4, -0.2) is 21.3 Å². The van der Waals surface area contributed by atoms with Crippen LogP contribution in [0.2, 0.25) is 0 Å². The molecule has 0 amide bonds. The highest BCUT2D eigenvalue weighted by molar-refractivity contribution is 7.85. The van der Waals surface area contributed by atoms with Gasteiger partial charge in [0.25, 0.3) is 0 Å². The molecule has 0 saturated carbocycles. The molecule has 0 saturated heterocycles. The molecule has 0 heterocycles. The lowest BCUT2D eigenvalue weighted by Gasteiger charge is -2.15. The molecule has 0 aromatic rings. The van der Waals surface area contributed by atoms with Gasteiger partial charge in [0.1, 0.15) is 0 Å². The maximum atomic E-state index is 11.5. The Balaban J connectivity index is 3.72. The van der Waals surface area contributed by atoms with Gasteiger partial charge >= 0.3 is 0 Å². The second kappa shape index (κ2) is 5.70. The molecule has 0 radical (unpaired) electrons. The predicted molar refractivity (Wildman–Crippen MR) is 55.6 cm³/mol. The maximum Gasteiger partial charge on any atom is 0.0342 e. The van der Waals surface area contributed by atoms with Crippen molar-refractivity contribution in [1.82, 2.24) is 0 Å². The predicted octanol–water partition coefficient (Wildman–Crippen LogP) is 1.52. The number of nitrogens with two attached hydrogens (primary N) is 1. The third kappa shape index (κ3) is 4.88. The summed E-state index contributed by atoms with van der Waals surface area (Å²) < 4.78 is 11.5. The van der Waals surface area contributed by atoms with Crippen LogP contribution in [0.3, 0.4) is 0 Å². The molecule has 3 heteroatoms. The maximum absolute atomic E-state index is 11.5. The van der Waals surface area contributed by atoms with Gasteiger partial charge in [-0.1, -0.05) is 20.8 Å². The van der Waals surface area contributed by atoms with E-state index >= 15 is 0 Å². The van der Waals surface area contributed by atoms with Crippen molar-refractivity contribution in [3.05, 3.63) is 0 Å². The molecule has 0 bridgehead atoms. The molecule has 0 aromatic heterocycles.